The lowest BCUT2D eigenvalue weighted by Gasteiger charge is -2.11. The summed E-state index contributed by atoms with van der Waals surface area (Å²) >= 11 is 0. The van der Waals surface area contributed by atoms with E-state index in [4.69, 9.17) is 9.26 Å². The number of rotatable bonds is 6. The van der Waals surface area contributed by atoms with Crippen molar-refractivity contribution in [2.75, 3.05) is 21.2 Å². The average Bonchev–Trinajstić information content (AvgIpc) is 3.21. The zero-order chi connectivity index (χ0) is 20.1. The number of ether oxygens (including phenoxy) is 1. The molecule has 1 N–H and O–H groups in total. The number of amides is 2. The highest BCUT2D eigenvalue weighted by molar-refractivity contribution is 5.94. The molecule has 0 spiro atoms. The van der Waals surface area contributed by atoms with Crippen molar-refractivity contribution in [1.82, 2.24) is 15.4 Å². The van der Waals surface area contributed by atoms with Gasteiger partial charge in [0.05, 0.1) is 12.7 Å². The Morgan fingerprint density at radius 1 is 1.11 bits per heavy atom. The van der Waals surface area contributed by atoms with Crippen LogP contribution in [-0.4, -0.2) is 43.1 Å². The van der Waals surface area contributed by atoms with E-state index in [0.717, 1.165) is 5.56 Å². The molecule has 28 heavy (non-hydrogen) atoms. The van der Waals surface area contributed by atoms with Gasteiger partial charge in [0, 0.05) is 32.3 Å². The number of aromatic nitrogens is 1. The molecule has 7 heteroatoms. The summed E-state index contributed by atoms with van der Waals surface area (Å²) in [7, 11) is 4.96. The van der Waals surface area contributed by atoms with E-state index in [0.29, 0.717) is 22.6 Å². The van der Waals surface area contributed by atoms with Gasteiger partial charge in [0.15, 0.2) is 11.5 Å². The second-order valence-electron chi connectivity index (χ2n) is 6.36. The van der Waals surface area contributed by atoms with Crippen molar-refractivity contribution in [2.24, 2.45) is 0 Å². The van der Waals surface area contributed by atoms with Crippen molar-refractivity contribution in [3.63, 3.8) is 0 Å². The summed E-state index contributed by atoms with van der Waals surface area (Å²) in [5.74, 6) is 0.620. The molecule has 3 rings (SSSR count). The van der Waals surface area contributed by atoms with Gasteiger partial charge in [-0.05, 0) is 29.8 Å². The first-order valence-corrected chi connectivity index (χ1v) is 8.68. The molecule has 0 fully saturated rings. The van der Waals surface area contributed by atoms with Gasteiger partial charge in [-0.3, -0.25) is 9.59 Å². The zero-order valence-corrected chi connectivity index (χ0v) is 15.9. The van der Waals surface area contributed by atoms with Crippen LogP contribution in [0.2, 0.25) is 0 Å². The van der Waals surface area contributed by atoms with E-state index in [-0.39, 0.29) is 24.1 Å². The predicted octanol–water partition coefficient (Wildman–Crippen LogP) is 2.98. The van der Waals surface area contributed by atoms with Crippen LogP contribution < -0.4 is 10.1 Å². The molecule has 0 bridgehead atoms. The summed E-state index contributed by atoms with van der Waals surface area (Å²) < 4.78 is 10.6. The first-order valence-electron chi connectivity index (χ1n) is 8.68. The summed E-state index contributed by atoms with van der Waals surface area (Å²) in [6, 6.07) is 16.0. The lowest BCUT2D eigenvalue weighted by Crippen LogP contribution is -2.24. The van der Waals surface area contributed by atoms with E-state index in [1.807, 2.05) is 24.3 Å². The van der Waals surface area contributed by atoms with E-state index >= 15 is 0 Å². The highest BCUT2D eigenvalue weighted by Gasteiger charge is 2.16. The van der Waals surface area contributed by atoms with Gasteiger partial charge < -0.3 is 19.5 Å². The topological polar surface area (TPSA) is 84.7 Å². The highest BCUT2D eigenvalue weighted by atomic mass is 16.5. The average molecular weight is 379 g/mol. The maximum absolute atomic E-state index is 12.4. The Bertz CT molecular complexity index is 995. The smallest absolute Gasteiger partial charge is 0.273 e. The Balaban J connectivity index is 1.69. The van der Waals surface area contributed by atoms with Crippen LogP contribution in [0.15, 0.2) is 59.1 Å². The fraction of sp³-hybridized carbons (Fsp3) is 0.190. The molecule has 0 saturated heterocycles. The number of carbonyl (C=O) groups is 2. The van der Waals surface area contributed by atoms with Crippen molar-refractivity contribution in [1.29, 1.82) is 0 Å². The molecule has 144 valence electrons. The Hall–Kier alpha value is -3.61. The number of hydrogen-bond acceptors (Lipinski definition) is 5. The molecule has 0 atom stereocenters. The molecule has 0 aliphatic carbocycles. The Morgan fingerprint density at radius 2 is 1.89 bits per heavy atom. The number of carbonyl (C=O) groups excluding carboxylic acids is 2. The van der Waals surface area contributed by atoms with Gasteiger partial charge >= 0.3 is 0 Å². The summed E-state index contributed by atoms with van der Waals surface area (Å²) in [6.45, 7) is 0.268. The molecule has 3 aromatic rings. The molecule has 2 amide bonds. The van der Waals surface area contributed by atoms with Crippen LogP contribution in [0.4, 0.5) is 0 Å². The lowest BCUT2D eigenvalue weighted by molar-refractivity contribution is 0.0827. The fourth-order valence-electron chi connectivity index (χ4n) is 2.70. The summed E-state index contributed by atoms with van der Waals surface area (Å²) in [5.41, 5.74) is 2.26. The van der Waals surface area contributed by atoms with Crippen molar-refractivity contribution in [2.45, 2.75) is 6.54 Å². The lowest BCUT2D eigenvalue weighted by atomic mass is 10.1. The third-order valence-corrected chi connectivity index (χ3v) is 4.15. The number of nitrogens with one attached hydrogen (secondary N) is 1. The fourth-order valence-corrected chi connectivity index (χ4v) is 2.70. The summed E-state index contributed by atoms with van der Waals surface area (Å²) in [5, 5.41) is 6.63. The molecular formula is C21H21N3O4. The van der Waals surface area contributed by atoms with Gasteiger partial charge in [0.1, 0.15) is 5.75 Å². The van der Waals surface area contributed by atoms with E-state index in [1.54, 1.807) is 51.5 Å². The van der Waals surface area contributed by atoms with Gasteiger partial charge in [-0.1, -0.05) is 29.4 Å². The monoisotopic (exact) mass is 379 g/mol. The second-order valence-corrected chi connectivity index (χ2v) is 6.36. The van der Waals surface area contributed by atoms with Crippen LogP contribution in [-0.2, 0) is 6.54 Å². The summed E-state index contributed by atoms with van der Waals surface area (Å²) in [6.07, 6.45) is 0. The van der Waals surface area contributed by atoms with E-state index < -0.39 is 0 Å². The van der Waals surface area contributed by atoms with Crippen LogP contribution in [0.25, 0.3) is 11.3 Å². The van der Waals surface area contributed by atoms with Gasteiger partial charge in [-0.25, -0.2) is 0 Å². The molecule has 7 nitrogen and oxygen atoms in total. The van der Waals surface area contributed by atoms with E-state index in [9.17, 15) is 9.59 Å². The van der Waals surface area contributed by atoms with E-state index in [2.05, 4.69) is 10.5 Å². The van der Waals surface area contributed by atoms with Crippen LogP contribution in [0, 0.1) is 0 Å². The molecule has 2 aromatic carbocycles. The Labute approximate surface area is 162 Å². The van der Waals surface area contributed by atoms with Gasteiger partial charge in [-0.2, -0.15) is 0 Å². The normalized spacial score (nSPS) is 10.4. The van der Waals surface area contributed by atoms with Gasteiger partial charge in [0.2, 0.25) is 0 Å². The maximum Gasteiger partial charge on any atom is 0.273 e. The maximum atomic E-state index is 12.4. The predicted molar refractivity (Wildman–Crippen MR) is 104 cm³/mol. The Morgan fingerprint density at radius 3 is 2.64 bits per heavy atom. The van der Waals surface area contributed by atoms with Crippen molar-refractivity contribution >= 4 is 11.8 Å². The number of benzene rings is 2. The third kappa shape index (κ3) is 4.20. The molecule has 0 aliphatic heterocycles. The first-order chi connectivity index (χ1) is 13.5. The molecule has 1 heterocycles. The SMILES string of the molecule is COc1ccccc1-c1cc(C(=O)NCc2cccc(C(=O)N(C)C)c2)no1. The first kappa shape index (κ1) is 19.2. The number of nitrogens with zero attached hydrogens (tertiary/aromatic N) is 2. The molecule has 0 unspecified atom stereocenters. The van der Waals surface area contributed by atoms with Crippen LogP contribution in [0.3, 0.4) is 0 Å². The largest absolute Gasteiger partial charge is 0.496 e. The van der Waals surface area contributed by atoms with Crippen molar-refractivity contribution < 1.29 is 18.8 Å². The van der Waals surface area contributed by atoms with Crippen LogP contribution in [0.5, 0.6) is 5.75 Å². The molecule has 0 aliphatic rings. The molecule has 0 saturated carbocycles. The molecular weight excluding hydrogens is 358 g/mol. The number of hydrogen-bond donors (Lipinski definition) is 1. The molecule has 1 aromatic heterocycles. The summed E-state index contributed by atoms with van der Waals surface area (Å²) in [4.78, 5) is 26.0. The quantitative estimate of drug-likeness (QED) is 0.712. The minimum Gasteiger partial charge on any atom is -0.496 e. The van der Waals surface area contributed by atoms with Crippen LogP contribution >= 0.6 is 0 Å². The Kier molecular flexibility index (Phi) is 5.74. The van der Waals surface area contributed by atoms with Gasteiger partial charge in [0.25, 0.3) is 11.8 Å². The third-order valence-electron chi connectivity index (χ3n) is 4.15. The second kappa shape index (κ2) is 8.39. The van der Waals surface area contributed by atoms with E-state index in [1.165, 1.54) is 4.90 Å². The van der Waals surface area contributed by atoms with Crippen molar-refractivity contribution in [3.05, 3.63) is 71.4 Å². The standard InChI is InChI=1S/C21H21N3O4/c1-24(2)21(26)15-8-6-7-14(11-15)13-22-20(25)17-12-19(28-23-17)16-9-4-5-10-18(16)27-3/h4-12H,13H2,1-3H3,(H,22,25). The molecule has 0 radical (unpaired) electrons. The van der Waals surface area contributed by atoms with Crippen molar-refractivity contribution in [3.8, 4) is 17.1 Å². The minimum absolute atomic E-state index is 0.0915. The highest BCUT2D eigenvalue weighted by Crippen LogP contribution is 2.29. The zero-order valence-electron chi connectivity index (χ0n) is 15.9. The number of para-hydroxylation sites is 1. The minimum atomic E-state index is -0.366. The number of methoxy groups -OCH3 is 1. The van der Waals surface area contributed by atoms with Gasteiger partial charge in [-0.15, -0.1) is 0 Å². The van der Waals surface area contributed by atoms with Crippen LogP contribution in [0.1, 0.15) is 26.4 Å².